The van der Waals surface area contributed by atoms with E-state index in [0.717, 1.165) is 11.1 Å². The molecular formula is C14H22N2O4S. The summed E-state index contributed by atoms with van der Waals surface area (Å²) in [5, 5.41) is 7.86. The van der Waals surface area contributed by atoms with Gasteiger partial charge < -0.3 is 10.1 Å². The molecule has 1 aromatic rings. The lowest BCUT2D eigenvalue weighted by atomic mass is 10.1. The average molecular weight is 314 g/mol. The third kappa shape index (κ3) is 5.11. The molecule has 1 amide bonds. The van der Waals surface area contributed by atoms with Gasteiger partial charge in [0.25, 0.3) is 0 Å². The van der Waals surface area contributed by atoms with E-state index in [1.165, 1.54) is 12.1 Å². The van der Waals surface area contributed by atoms with Crippen LogP contribution in [0.2, 0.25) is 0 Å². The molecule has 1 aromatic carbocycles. The van der Waals surface area contributed by atoms with Gasteiger partial charge in [0.15, 0.2) is 0 Å². The summed E-state index contributed by atoms with van der Waals surface area (Å²) in [7, 11) is -2.21. The molecule has 0 aliphatic rings. The summed E-state index contributed by atoms with van der Waals surface area (Å²) >= 11 is 0. The molecule has 0 fully saturated rings. The number of nitrogens with one attached hydrogen (secondary N) is 1. The van der Waals surface area contributed by atoms with Crippen molar-refractivity contribution in [3.05, 3.63) is 23.3 Å². The number of anilines is 1. The molecule has 0 aliphatic carbocycles. The first-order chi connectivity index (χ1) is 9.65. The molecule has 3 N–H and O–H groups in total. The monoisotopic (exact) mass is 314 g/mol. The predicted octanol–water partition coefficient (Wildman–Crippen LogP) is 1.70. The van der Waals surface area contributed by atoms with E-state index in [9.17, 15) is 13.2 Å². The van der Waals surface area contributed by atoms with Gasteiger partial charge in [-0.3, -0.25) is 4.79 Å². The largest absolute Gasteiger partial charge is 0.382 e. The van der Waals surface area contributed by atoms with Crippen LogP contribution in [0.5, 0.6) is 0 Å². The molecule has 21 heavy (non-hydrogen) atoms. The van der Waals surface area contributed by atoms with Gasteiger partial charge >= 0.3 is 0 Å². The van der Waals surface area contributed by atoms with Crippen LogP contribution in [0.4, 0.5) is 5.69 Å². The minimum atomic E-state index is -3.80. The molecule has 1 unspecified atom stereocenters. The van der Waals surface area contributed by atoms with Gasteiger partial charge in [-0.15, -0.1) is 0 Å². The predicted molar refractivity (Wildman–Crippen MR) is 81.6 cm³/mol. The van der Waals surface area contributed by atoms with Gasteiger partial charge in [-0.25, -0.2) is 13.6 Å². The maximum Gasteiger partial charge on any atom is 0.238 e. The quantitative estimate of drug-likeness (QED) is 0.835. The second-order valence-electron chi connectivity index (χ2n) is 5.09. The van der Waals surface area contributed by atoms with Crippen molar-refractivity contribution in [1.82, 2.24) is 0 Å². The Hall–Kier alpha value is -1.44. The van der Waals surface area contributed by atoms with Gasteiger partial charge in [0.1, 0.15) is 0 Å². The summed E-state index contributed by atoms with van der Waals surface area (Å²) in [6, 6.07) is 2.88. The first-order valence-electron chi connectivity index (χ1n) is 6.62. The number of benzene rings is 1. The van der Waals surface area contributed by atoms with Crippen LogP contribution in [-0.4, -0.2) is 27.5 Å². The zero-order chi connectivity index (χ0) is 16.2. The number of carbonyl (C=O) groups excluding carboxylic acids is 1. The van der Waals surface area contributed by atoms with Crippen molar-refractivity contribution >= 4 is 21.6 Å². The number of ether oxygens (including phenoxy) is 1. The number of nitrogens with two attached hydrogens (primary N) is 1. The van der Waals surface area contributed by atoms with Gasteiger partial charge in [0.2, 0.25) is 15.9 Å². The molecular weight excluding hydrogens is 292 g/mol. The molecule has 0 saturated heterocycles. The van der Waals surface area contributed by atoms with E-state index in [-0.39, 0.29) is 16.9 Å². The third-order valence-corrected chi connectivity index (χ3v) is 4.32. The number of hydrogen-bond donors (Lipinski definition) is 2. The highest BCUT2D eigenvalue weighted by Crippen LogP contribution is 2.23. The Labute approximate surface area is 125 Å². The van der Waals surface area contributed by atoms with E-state index in [1.807, 2.05) is 13.8 Å². The van der Waals surface area contributed by atoms with Gasteiger partial charge in [-0.2, -0.15) is 0 Å². The molecule has 0 saturated carbocycles. The lowest BCUT2D eigenvalue weighted by Crippen LogP contribution is -2.17. The van der Waals surface area contributed by atoms with E-state index in [4.69, 9.17) is 9.88 Å². The number of rotatable bonds is 6. The Morgan fingerprint density at radius 2 is 2.00 bits per heavy atom. The zero-order valence-corrected chi connectivity index (χ0v) is 13.6. The average Bonchev–Trinajstić information content (AvgIpc) is 2.39. The molecule has 0 bridgehead atoms. The number of amides is 1. The summed E-state index contributed by atoms with van der Waals surface area (Å²) < 4.78 is 28.0. The first-order valence-corrected chi connectivity index (χ1v) is 8.16. The number of methoxy groups -OCH3 is 1. The van der Waals surface area contributed by atoms with E-state index < -0.39 is 10.0 Å². The molecule has 1 atom stereocenters. The number of aryl methyl sites for hydroxylation is 1. The summed E-state index contributed by atoms with van der Waals surface area (Å²) in [4.78, 5) is 11.9. The van der Waals surface area contributed by atoms with Gasteiger partial charge in [0.05, 0.1) is 11.0 Å². The minimum Gasteiger partial charge on any atom is -0.382 e. The van der Waals surface area contributed by atoms with Crippen molar-refractivity contribution in [2.45, 2.75) is 44.6 Å². The Kier molecular flexibility index (Phi) is 5.88. The Balaban J connectivity index is 2.93. The van der Waals surface area contributed by atoms with Crippen molar-refractivity contribution in [2.24, 2.45) is 5.14 Å². The summed E-state index contributed by atoms with van der Waals surface area (Å²) in [5.74, 6) is -0.187. The van der Waals surface area contributed by atoms with Crippen LogP contribution in [0, 0.1) is 13.8 Å². The number of carbonyl (C=O) groups is 1. The van der Waals surface area contributed by atoms with E-state index in [2.05, 4.69) is 5.32 Å². The molecule has 7 heteroatoms. The van der Waals surface area contributed by atoms with E-state index >= 15 is 0 Å². The van der Waals surface area contributed by atoms with Crippen molar-refractivity contribution < 1.29 is 17.9 Å². The van der Waals surface area contributed by atoms with Crippen LogP contribution in [0.15, 0.2) is 17.0 Å². The number of primary sulfonamides is 1. The van der Waals surface area contributed by atoms with Crippen LogP contribution in [0.3, 0.4) is 0 Å². The van der Waals surface area contributed by atoms with Crippen molar-refractivity contribution in [2.75, 3.05) is 12.4 Å². The highest BCUT2D eigenvalue weighted by atomic mass is 32.2. The smallest absolute Gasteiger partial charge is 0.238 e. The lowest BCUT2D eigenvalue weighted by molar-refractivity contribution is -0.116. The van der Waals surface area contributed by atoms with Crippen molar-refractivity contribution in [3.63, 3.8) is 0 Å². The maximum atomic E-state index is 11.9. The molecule has 1 rings (SSSR count). The summed E-state index contributed by atoms with van der Waals surface area (Å²) in [6.45, 7) is 5.46. The molecule has 0 spiro atoms. The topological polar surface area (TPSA) is 98.5 Å². The van der Waals surface area contributed by atoms with Crippen molar-refractivity contribution in [3.8, 4) is 0 Å². The minimum absolute atomic E-state index is 0.00524. The Morgan fingerprint density at radius 1 is 1.38 bits per heavy atom. The van der Waals surface area contributed by atoms with Gasteiger partial charge in [-0.05, 0) is 50.5 Å². The van der Waals surface area contributed by atoms with E-state index in [1.54, 1.807) is 14.0 Å². The number of hydrogen-bond acceptors (Lipinski definition) is 4. The van der Waals surface area contributed by atoms with Gasteiger partial charge in [0, 0.05) is 19.2 Å². The van der Waals surface area contributed by atoms with Gasteiger partial charge in [-0.1, -0.05) is 0 Å². The number of sulfonamides is 1. The van der Waals surface area contributed by atoms with Crippen LogP contribution in [0.25, 0.3) is 0 Å². The first kappa shape index (κ1) is 17.6. The Morgan fingerprint density at radius 3 is 2.52 bits per heavy atom. The molecule has 0 aliphatic heterocycles. The Bertz CT molecular complexity index is 626. The second kappa shape index (κ2) is 7.02. The summed E-state index contributed by atoms with van der Waals surface area (Å²) in [6.07, 6.45) is 0.886. The van der Waals surface area contributed by atoms with Crippen LogP contribution < -0.4 is 10.5 Å². The molecule has 0 radical (unpaired) electrons. The SMILES string of the molecule is COC(C)CCC(=O)Nc1cc(S(N)(=O)=O)cc(C)c1C. The second-order valence-corrected chi connectivity index (χ2v) is 6.65. The maximum absolute atomic E-state index is 11.9. The third-order valence-electron chi connectivity index (χ3n) is 3.42. The van der Waals surface area contributed by atoms with Crippen LogP contribution in [-0.2, 0) is 19.6 Å². The normalized spacial score (nSPS) is 13.0. The van der Waals surface area contributed by atoms with Crippen LogP contribution in [0.1, 0.15) is 30.9 Å². The molecule has 0 heterocycles. The van der Waals surface area contributed by atoms with Crippen LogP contribution >= 0.6 is 0 Å². The molecule has 0 aromatic heterocycles. The highest BCUT2D eigenvalue weighted by molar-refractivity contribution is 7.89. The molecule has 118 valence electrons. The van der Waals surface area contributed by atoms with Crippen molar-refractivity contribution in [1.29, 1.82) is 0 Å². The van der Waals surface area contributed by atoms with E-state index in [0.29, 0.717) is 18.5 Å². The highest BCUT2D eigenvalue weighted by Gasteiger charge is 2.14. The fourth-order valence-corrected chi connectivity index (χ4v) is 2.41. The fraction of sp³-hybridized carbons (Fsp3) is 0.500. The zero-order valence-electron chi connectivity index (χ0n) is 12.8. The molecule has 6 nitrogen and oxygen atoms in total. The fourth-order valence-electron chi connectivity index (χ4n) is 1.79. The standard InChI is InChI=1S/C14H22N2O4S/c1-9-7-12(21(15,18)19)8-13(11(9)3)16-14(17)6-5-10(2)20-4/h7-8,10H,5-6H2,1-4H3,(H,16,17)(H2,15,18,19). The lowest BCUT2D eigenvalue weighted by Gasteiger charge is -2.13. The summed E-state index contributed by atoms with van der Waals surface area (Å²) in [5.41, 5.74) is 2.03.